The maximum absolute atomic E-state index is 13.8. The topological polar surface area (TPSA) is 49.9 Å². The Kier molecular flexibility index (Phi) is 7.32. The number of carbonyl (C=O) groups is 2. The summed E-state index contributed by atoms with van der Waals surface area (Å²) < 4.78 is 0. The Labute approximate surface area is 211 Å². The standard InChI is InChI=1S/C32H41NO2/c1-19(2)27-25(21-11-15-23(16-12-21)31(5,6)7)26(29(34)20(3)4)28(33-27)30(35)22-13-17-24(18-14-22)32(8,9)10/h11-20,33H,1-10H3. The van der Waals surface area contributed by atoms with Gasteiger partial charge in [0.15, 0.2) is 5.78 Å². The molecule has 0 spiro atoms. The molecule has 2 aromatic carbocycles. The minimum absolute atomic E-state index is 0.00395. The van der Waals surface area contributed by atoms with Gasteiger partial charge in [-0.15, -0.1) is 0 Å². The number of benzene rings is 2. The molecule has 0 saturated carbocycles. The fourth-order valence-electron chi connectivity index (χ4n) is 4.36. The van der Waals surface area contributed by atoms with Crippen LogP contribution in [0.2, 0.25) is 0 Å². The molecule has 0 atom stereocenters. The van der Waals surface area contributed by atoms with Crippen molar-refractivity contribution in [2.24, 2.45) is 5.92 Å². The summed E-state index contributed by atoms with van der Waals surface area (Å²) in [6.45, 7) is 21.0. The normalized spacial score (nSPS) is 12.5. The van der Waals surface area contributed by atoms with Crippen LogP contribution in [0.25, 0.3) is 11.1 Å². The molecule has 0 radical (unpaired) electrons. The molecule has 0 amide bonds. The minimum atomic E-state index is -0.228. The summed E-state index contributed by atoms with van der Waals surface area (Å²) in [4.78, 5) is 30.7. The molecule has 1 heterocycles. The first-order valence-electron chi connectivity index (χ1n) is 12.7. The maximum atomic E-state index is 13.8. The predicted octanol–water partition coefficient (Wildman–Crippen LogP) is 8.47. The van der Waals surface area contributed by atoms with Crippen LogP contribution >= 0.6 is 0 Å². The van der Waals surface area contributed by atoms with Gasteiger partial charge >= 0.3 is 0 Å². The Morgan fingerprint density at radius 3 is 1.57 bits per heavy atom. The van der Waals surface area contributed by atoms with E-state index in [4.69, 9.17) is 0 Å². The third kappa shape index (κ3) is 5.50. The molecular formula is C32H41NO2. The SMILES string of the molecule is CC(C)C(=O)c1c(C(=O)c2ccc(C(C)(C)C)cc2)[nH]c(C(C)C)c1-c1ccc(C(C)(C)C)cc1. The highest BCUT2D eigenvalue weighted by atomic mass is 16.1. The lowest BCUT2D eigenvalue weighted by atomic mass is 9.84. The summed E-state index contributed by atoms with van der Waals surface area (Å²) in [7, 11) is 0. The molecule has 0 bridgehead atoms. The first-order chi connectivity index (χ1) is 16.1. The molecule has 0 fully saturated rings. The summed E-state index contributed by atoms with van der Waals surface area (Å²) >= 11 is 0. The molecule has 0 unspecified atom stereocenters. The Morgan fingerprint density at radius 1 is 0.714 bits per heavy atom. The van der Waals surface area contributed by atoms with Crippen LogP contribution in [-0.2, 0) is 10.8 Å². The Balaban J connectivity index is 2.23. The molecule has 3 aromatic rings. The number of H-pyrrole nitrogens is 1. The number of Topliss-reactive ketones (excluding diaryl/α,β-unsaturated/α-hetero) is 1. The van der Waals surface area contributed by atoms with Crippen molar-refractivity contribution in [1.82, 2.24) is 4.98 Å². The Hall–Kier alpha value is -2.94. The molecule has 1 aromatic heterocycles. The van der Waals surface area contributed by atoms with Gasteiger partial charge in [0, 0.05) is 22.7 Å². The molecule has 3 heteroatoms. The Morgan fingerprint density at radius 2 is 1.17 bits per heavy atom. The molecule has 3 rings (SSSR count). The number of aromatic amines is 1. The van der Waals surface area contributed by atoms with E-state index in [1.54, 1.807) is 0 Å². The van der Waals surface area contributed by atoms with Crippen LogP contribution in [0.3, 0.4) is 0 Å². The molecule has 186 valence electrons. The first-order valence-corrected chi connectivity index (χ1v) is 12.7. The zero-order valence-corrected chi connectivity index (χ0v) is 23.1. The van der Waals surface area contributed by atoms with Crippen molar-refractivity contribution in [1.29, 1.82) is 0 Å². The van der Waals surface area contributed by atoms with E-state index in [2.05, 4.69) is 84.6 Å². The average Bonchev–Trinajstić information content (AvgIpc) is 3.17. The van der Waals surface area contributed by atoms with Gasteiger partial charge in [0.1, 0.15) is 0 Å². The zero-order valence-electron chi connectivity index (χ0n) is 23.1. The number of rotatable bonds is 6. The van der Waals surface area contributed by atoms with Crippen molar-refractivity contribution < 1.29 is 9.59 Å². The van der Waals surface area contributed by atoms with Gasteiger partial charge < -0.3 is 4.98 Å². The van der Waals surface area contributed by atoms with Gasteiger partial charge in [-0.1, -0.05) is 118 Å². The summed E-state index contributed by atoms with van der Waals surface area (Å²) in [5.41, 5.74) is 6.67. The second kappa shape index (κ2) is 9.60. The van der Waals surface area contributed by atoms with Crippen LogP contribution in [0.4, 0.5) is 0 Å². The number of hydrogen-bond donors (Lipinski definition) is 1. The third-order valence-electron chi connectivity index (χ3n) is 6.66. The largest absolute Gasteiger partial charge is 0.354 e. The van der Waals surface area contributed by atoms with Crippen LogP contribution in [-0.4, -0.2) is 16.6 Å². The van der Waals surface area contributed by atoms with E-state index >= 15 is 0 Å². The van der Waals surface area contributed by atoms with Gasteiger partial charge in [0.05, 0.1) is 11.3 Å². The van der Waals surface area contributed by atoms with E-state index in [-0.39, 0.29) is 34.2 Å². The first kappa shape index (κ1) is 26.7. The molecule has 0 aliphatic carbocycles. The average molecular weight is 472 g/mol. The zero-order chi connectivity index (χ0) is 26.3. The van der Waals surface area contributed by atoms with Crippen molar-refractivity contribution in [3.05, 3.63) is 82.2 Å². The van der Waals surface area contributed by atoms with Crippen LogP contribution in [0.5, 0.6) is 0 Å². The van der Waals surface area contributed by atoms with E-state index in [1.165, 1.54) is 11.1 Å². The lowest BCUT2D eigenvalue weighted by Crippen LogP contribution is -2.15. The summed E-state index contributed by atoms with van der Waals surface area (Å²) in [5.74, 6) is -0.268. The molecule has 1 N–H and O–H groups in total. The van der Waals surface area contributed by atoms with Crippen LogP contribution < -0.4 is 0 Å². The van der Waals surface area contributed by atoms with E-state index in [9.17, 15) is 9.59 Å². The van der Waals surface area contributed by atoms with Crippen molar-refractivity contribution in [3.63, 3.8) is 0 Å². The summed E-state index contributed by atoms with van der Waals surface area (Å²) in [6.07, 6.45) is 0. The fourth-order valence-corrected chi connectivity index (χ4v) is 4.36. The van der Waals surface area contributed by atoms with Crippen LogP contribution in [0, 0.1) is 5.92 Å². The van der Waals surface area contributed by atoms with Crippen molar-refractivity contribution in [2.45, 2.75) is 86.0 Å². The number of carbonyl (C=O) groups excluding carboxylic acids is 2. The highest BCUT2D eigenvalue weighted by Gasteiger charge is 2.30. The minimum Gasteiger partial charge on any atom is -0.354 e. The highest BCUT2D eigenvalue weighted by Crippen LogP contribution is 2.38. The van der Waals surface area contributed by atoms with Gasteiger partial charge in [0.2, 0.25) is 5.78 Å². The lowest BCUT2D eigenvalue weighted by molar-refractivity contribution is 0.0929. The van der Waals surface area contributed by atoms with Crippen LogP contribution in [0.1, 0.15) is 118 Å². The number of aromatic nitrogens is 1. The van der Waals surface area contributed by atoms with Gasteiger partial charge in [0.25, 0.3) is 0 Å². The predicted molar refractivity (Wildman–Crippen MR) is 147 cm³/mol. The maximum Gasteiger partial charge on any atom is 0.209 e. The summed E-state index contributed by atoms with van der Waals surface area (Å²) in [5, 5.41) is 0. The highest BCUT2D eigenvalue weighted by molar-refractivity contribution is 6.18. The van der Waals surface area contributed by atoms with E-state index in [0.717, 1.165) is 16.8 Å². The quantitative estimate of drug-likeness (QED) is 0.366. The lowest BCUT2D eigenvalue weighted by Gasteiger charge is -2.20. The van der Waals surface area contributed by atoms with Gasteiger partial charge in [-0.05, 0) is 33.4 Å². The number of nitrogens with one attached hydrogen (secondary N) is 1. The van der Waals surface area contributed by atoms with E-state index in [0.29, 0.717) is 16.8 Å². The molecule has 0 saturated heterocycles. The van der Waals surface area contributed by atoms with Gasteiger partial charge in [-0.25, -0.2) is 0 Å². The van der Waals surface area contributed by atoms with Gasteiger partial charge in [-0.3, -0.25) is 9.59 Å². The van der Waals surface area contributed by atoms with Gasteiger partial charge in [-0.2, -0.15) is 0 Å². The summed E-state index contributed by atoms with van der Waals surface area (Å²) in [6, 6.07) is 16.2. The van der Waals surface area contributed by atoms with Crippen LogP contribution in [0.15, 0.2) is 48.5 Å². The van der Waals surface area contributed by atoms with E-state index in [1.807, 2.05) is 38.1 Å². The van der Waals surface area contributed by atoms with Crippen molar-refractivity contribution in [3.8, 4) is 11.1 Å². The van der Waals surface area contributed by atoms with E-state index < -0.39 is 0 Å². The molecule has 0 aliphatic rings. The second-order valence-corrected chi connectivity index (χ2v) is 12.3. The number of hydrogen-bond acceptors (Lipinski definition) is 2. The molecule has 0 aliphatic heterocycles. The second-order valence-electron chi connectivity index (χ2n) is 12.3. The smallest absolute Gasteiger partial charge is 0.209 e. The monoisotopic (exact) mass is 471 g/mol. The van der Waals surface area contributed by atoms with Crippen molar-refractivity contribution in [2.75, 3.05) is 0 Å². The van der Waals surface area contributed by atoms with Crippen molar-refractivity contribution >= 4 is 11.6 Å². The molecule has 3 nitrogen and oxygen atoms in total. The molecular weight excluding hydrogens is 430 g/mol. The number of ketones is 2. The Bertz CT molecular complexity index is 1210. The fraction of sp³-hybridized carbons (Fsp3) is 0.438. The molecule has 35 heavy (non-hydrogen) atoms. The third-order valence-corrected chi connectivity index (χ3v) is 6.66.